The highest BCUT2D eigenvalue weighted by Crippen LogP contribution is 2.06. The number of nitrogens with one attached hydrogen (secondary N) is 1. The summed E-state index contributed by atoms with van der Waals surface area (Å²) in [6, 6.07) is 9.75. The average molecular weight is 271 g/mol. The summed E-state index contributed by atoms with van der Waals surface area (Å²) in [4.78, 5) is 31.5. The summed E-state index contributed by atoms with van der Waals surface area (Å²) in [5, 5.41) is 2.59. The molecule has 6 nitrogen and oxygen atoms in total. The number of pyridine rings is 2. The van der Waals surface area contributed by atoms with Gasteiger partial charge in [-0.2, -0.15) is 0 Å². The molecule has 0 bridgehead atoms. The molecule has 0 aliphatic rings. The minimum atomic E-state index is -0.556. The lowest BCUT2D eigenvalue weighted by Crippen LogP contribution is -2.16. The second-order valence-electron chi connectivity index (χ2n) is 3.80. The van der Waals surface area contributed by atoms with Gasteiger partial charge in [-0.1, -0.05) is 12.1 Å². The van der Waals surface area contributed by atoms with Gasteiger partial charge in [-0.3, -0.25) is 4.79 Å². The molecule has 2 aromatic heterocycles. The molecular weight excluding hydrogens is 258 g/mol. The van der Waals surface area contributed by atoms with E-state index in [2.05, 4.69) is 15.3 Å². The van der Waals surface area contributed by atoms with Crippen LogP contribution in [0.2, 0.25) is 0 Å². The Hall–Kier alpha value is -2.76. The lowest BCUT2D eigenvalue weighted by Gasteiger charge is -2.05. The molecule has 2 heterocycles. The smallest absolute Gasteiger partial charge is 0.356 e. The fourth-order valence-electron chi connectivity index (χ4n) is 1.50. The van der Waals surface area contributed by atoms with E-state index in [1.165, 1.54) is 12.1 Å². The van der Waals surface area contributed by atoms with Crippen molar-refractivity contribution in [2.45, 2.75) is 6.92 Å². The van der Waals surface area contributed by atoms with Gasteiger partial charge in [-0.05, 0) is 31.2 Å². The number of hydrogen-bond donors (Lipinski definition) is 1. The van der Waals surface area contributed by atoms with E-state index in [9.17, 15) is 9.59 Å². The number of carbonyl (C=O) groups is 2. The van der Waals surface area contributed by atoms with Crippen molar-refractivity contribution in [3.8, 4) is 0 Å². The van der Waals surface area contributed by atoms with Crippen LogP contribution >= 0.6 is 0 Å². The number of ether oxygens (including phenoxy) is 1. The van der Waals surface area contributed by atoms with Crippen molar-refractivity contribution in [3.05, 3.63) is 54.0 Å². The van der Waals surface area contributed by atoms with Crippen molar-refractivity contribution in [1.82, 2.24) is 9.97 Å². The zero-order valence-corrected chi connectivity index (χ0v) is 10.9. The van der Waals surface area contributed by atoms with Gasteiger partial charge in [0.1, 0.15) is 17.2 Å². The SMILES string of the molecule is CCOC(=O)c1cccc(C(=O)Nc2ccccn2)n1. The Morgan fingerprint density at radius 3 is 2.65 bits per heavy atom. The van der Waals surface area contributed by atoms with Gasteiger partial charge in [0, 0.05) is 6.20 Å². The second kappa shape index (κ2) is 6.42. The number of aromatic nitrogens is 2. The van der Waals surface area contributed by atoms with E-state index in [-0.39, 0.29) is 18.0 Å². The topological polar surface area (TPSA) is 81.2 Å². The average Bonchev–Trinajstić information content (AvgIpc) is 2.48. The fourth-order valence-corrected chi connectivity index (χ4v) is 1.50. The molecule has 102 valence electrons. The molecule has 0 spiro atoms. The number of carbonyl (C=O) groups excluding carboxylic acids is 2. The van der Waals surface area contributed by atoms with Crippen LogP contribution in [0.4, 0.5) is 5.82 Å². The molecule has 0 atom stereocenters. The zero-order valence-electron chi connectivity index (χ0n) is 10.9. The predicted molar refractivity (Wildman–Crippen MR) is 72.4 cm³/mol. The molecule has 0 radical (unpaired) electrons. The Morgan fingerprint density at radius 1 is 1.15 bits per heavy atom. The summed E-state index contributed by atoms with van der Waals surface area (Å²) < 4.78 is 4.84. The highest BCUT2D eigenvalue weighted by Gasteiger charge is 2.13. The predicted octanol–water partition coefficient (Wildman–Crippen LogP) is 1.91. The third-order valence-corrected chi connectivity index (χ3v) is 2.37. The van der Waals surface area contributed by atoms with E-state index >= 15 is 0 Å². The Morgan fingerprint density at radius 2 is 1.95 bits per heavy atom. The van der Waals surface area contributed by atoms with Gasteiger partial charge in [0.15, 0.2) is 0 Å². The molecule has 0 aliphatic carbocycles. The third kappa shape index (κ3) is 3.38. The lowest BCUT2D eigenvalue weighted by atomic mass is 10.3. The molecule has 2 aromatic rings. The standard InChI is InChI=1S/C14H13N3O3/c1-2-20-14(19)11-7-5-6-10(16-11)13(18)17-12-8-3-4-9-15-12/h3-9H,2H2,1H3,(H,15,17,18). The fraction of sp³-hybridized carbons (Fsp3) is 0.143. The number of nitrogens with zero attached hydrogens (tertiary/aromatic N) is 2. The highest BCUT2D eigenvalue weighted by molar-refractivity contribution is 6.03. The van der Waals surface area contributed by atoms with Gasteiger partial charge in [0.25, 0.3) is 5.91 Å². The van der Waals surface area contributed by atoms with Gasteiger partial charge in [-0.15, -0.1) is 0 Å². The number of rotatable bonds is 4. The third-order valence-electron chi connectivity index (χ3n) is 2.37. The molecule has 0 saturated heterocycles. The molecule has 0 fully saturated rings. The Balaban J connectivity index is 2.14. The molecule has 6 heteroatoms. The maximum absolute atomic E-state index is 12.0. The molecular formula is C14H13N3O3. The van der Waals surface area contributed by atoms with Gasteiger partial charge in [0.2, 0.25) is 0 Å². The maximum atomic E-state index is 12.0. The minimum Gasteiger partial charge on any atom is -0.461 e. The van der Waals surface area contributed by atoms with Crippen LogP contribution in [0.5, 0.6) is 0 Å². The summed E-state index contributed by atoms with van der Waals surface area (Å²) in [6.45, 7) is 1.96. The van der Waals surface area contributed by atoms with Crippen LogP contribution in [0.25, 0.3) is 0 Å². The number of amides is 1. The summed E-state index contributed by atoms with van der Waals surface area (Å²) in [6.07, 6.45) is 1.57. The van der Waals surface area contributed by atoms with Crippen LogP contribution in [0.15, 0.2) is 42.6 Å². The number of esters is 1. The number of anilines is 1. The summed E-state index contributed by atoms with van der Waals surface area (Å²) in [7, 11) is 0. The van der Waals surface area contributed by atoms with Crippen LogP contribution in [-0.4, -0.2) is 28.5 Å². The lowest BCUT2D eigenvalue weighted by molar-refractivity contribution is 0.0519. The van der Waals surface area contributed by atoms with E-state index < -0.39 is 11.9 Å². The molecule has 20 heavy (non-hydrogen) atoms. The van der Waals surface area contributed by atoms with Crippen molar-refractivity contribution >= 4 is 17.7 Å². The maximum Gasteiger partial charge on any atom is 0.356 e. The van der Waals surface area contributed by atoms with Crippen molar-refractivity contribution in [3.63, 3.8) is 0 Å². The number of hydrogen-bond acceptors (Lipinski definition) is 5. The van der Waals surface area contributed by atoms with Crippen LogP contribution in [0, 0.1) is 0 Å². The molecule has 1 N–H and O–H groups in total. The molecule has 0 unspecified atom stereocenters. The van der Waals surface area contributed by atoms with Crippen LogP contribution in [0.1, 0.15) is 27.9 Å². The van der Waals surface area contributed by atoms with E-state index in [0.29, 0.717) is 5.82 Å². The first-order valence-corrected chi connectivity index (χ1v) is 6.07. The van der Waals surface area contributed by atoms with E-state index in [4.69, 9.17) is 4.74 Å². The highest BCUT2D eigenvalue weighted by atomic mass is 16.5. The Bertz CT molecular complexity index is 614. The Labute approximate surface area is 115 Å². The van der Waals surface area contributed by atoms with E-state index in [1.807, 2.05) is 0 Å². The van der Waals surface area contributed by atoms with Crippen LogP contribution in [-0.2, 0) is 4.74 Å². The molecule has 1 amide bonds. The quantitative estimate of drug-likeness (QED) is 0.859. The van der Waals surface area contributed by atoms with Gasteiger partial charge < -0.3 is 10.1 Å². The molecule has 0 aromatic carbocycles. The van der Waals surface area contributed by atoms with Crippen molar-refractivity contribution < 1.29 is 14.3 Å². The molecule has 0 saturated carbocycles. The largest absolute Gasteiger partial charge is 0.461 e. The van der Waals surface area contributed by atoms with Crippen LogP contribution < -0.4 is 5.32 Å². The summed E-state index contributed by atoms with van der Waals surface area (Å²) in [5.41, 5.74) is 0.224. The monoisotopic (exact) mass is 271 g/mol. The first kappa shape index (κ1) is 13.7. The van der Waals surface area contributed by atoms with Gasteiger partial charge in [-0.25, -0.2) is 14.8 Å². The van der Waals surface area contributed by atoms with Crippen LogP contribution in [0.3, 0.4) is 0 Å². The first-order valence-electron chi connectivity index (χ1n) is 6.07. The summed E-state index contributed by atoms with van der Waals surface area (Å²) in [5.74, 6) is -0.573. The second-order valence-corrected chi connectivity index (χ2v) is 3.80. The molecule has 0 aliphatic heterocycles. The summed E-state index contributed by atoms with van der Waals surface area (Å²) >= 11 is 0. The van der Waals surface area contributed by atoms with E-state index in [0.717, 1.165) is 0 Å². The molecule has 2 rings (SSSR count). The van der Waals surface area contributed by atoms with Crippen molar-refractivity contribution in [2.24, 2.45) is 0 Å². The van der Waals surface area contributed by atoms with E-state index in [1.54, 1.807) is 37.4 Å². The zero-order chi connectivity index (χ0) is 14.4. The van der Waals surface area contributed by atoms with Gasteiger partial charge >= 0.3 is 5.97 Å². The van der Waals surface area contributed by atoms with Crippen molar-refractivity contribution in [2.75, 3.05) is 11.9 Å². The van der Waals surface area contributed by atoms with Crippen molar-refractivity contribution in [1.29, 1.82) is 0 Å². The Kier molecular flexibility index (Phi) is 4.39. The first-order chi connectivity index (χ1) is 9.70. The van der Waals surface area contributed by atoms with Gasteiger partial charge in [0.05, 0.1) is 6.61 Å². The normalized spacial score (nSPS) is 9.85. The minimum absolute atomic E-state index is 0.0977.